The summed E-state index contributed by atoms with van der Waals surface area (Å²) in [5.74, 6) is 0.428. The Labute approximate surface area is 197 Å². The van der Waals surface area contributed by atoms with Gasteiger partial charge in [0.1, 0.15) is 5.82 Å². The van der Waals surface area contributed by atoms with Crippen LogP contribution in [0.25, 0.3) is 11.4 Å². The van der Waals surface area contributed by atoms with Crippen molar-refractivity contribution in [1.29, 1.82) is 0 Å². The van der Waals surface area contributed by atoms with Gasteiger partial charge in [0.2, 0.25) is 5.91 Å². The van der Waals surface area contributed by atoms with E-state index in [1.165, 1.54) is 29.5 Å². The molecule has 2 aliphatic heterocycles. The van der Waals surface area contributed by atoms with E-state index in [9.17, 15) is 9.18 Å². The Bertz CT molecular complexity index is 1140. The minimum absolute atomic E-state index is 0.0625. The summed E-state index contributed by atoms with van der Waals surface area (Å²) in [7, 11) is 0. The number of thioether (sulfide) groups is 1. The molecule has 1 aromatic heterocycles. The maximum absolute atomic E-state index is 13.5. The fourth-order valence-electron chi connectivity index (χ4n) is 4.65. The van der Waals surface area contributed by atoms with E-state index in [-0.39, 0.29) is 29.1 Å². The summed E-state index contributed by atoms with van der Waals surface area (Å²) >= 11 is 1.41. The van der Waals surface area contributed by atoms with Crippen LogP contribution in [-0.2, 0) is 22.5 Å². The lowest BCUT2D eigenvalue weighted by Gasteiger charge is -2.26. The van der Waals surface area contributed by atoms with Crippen LogP contribution in [0.1, 0.15) is 32.3 Å². The van der Waals surface area contributed by atoms with Crippen LogP contribution in [0.4, 0.5) is 10.1 Å². The molecule has 1 amide bonds. The van der Waals surface area contributed by atoms with Crippen LogP contribution in [0.2, 0.25) is 0 Å². The second kappa shape index (κ2) is 9.27. The molecule has 5 rings (SSSR count). The van der Waals surface area contributed by atoms with Gasteiger partial charge in [0.25, 0.3) is 0 Å². The number of ether oxygens (including phenoxy) is 1. The third-order valence-electron chi connectivity index (χ3n) is 6.30. The number of fused-ring (bicyclic) bond motifs is 1. The highest BCUT2D eigenvalue weighted by Crippen LogP contribution is 2.35. The van der Waals surface area contributed by atoms with Crippen molar-refractivity contribution in [2.45, 2.75) is 62.2 Å². The van der Waals surface area contributed by atoms with Crippen molar-refractivity contribution in [2.75, 3.05) is 11.5 Å². The van der Waals surface area contributed by atoms with Gasteiger partial charge >= 0.3 is 0 Å². The quantitative estimate of drug-likeness (QED) is 0.492. The average molecular weight is 467 g/mol. The largest absolute Gasteiger partial charge is 0.376 e. The molecular formula is C25H27FN4O2S. The predicted molar refractivity (Wildman–Crippen MR) is 127 cm³/mol. The monoisotopic (exact) mass is 466 g/mol. The van der Waals surface area contributed by atoms with Gasteiger partial charge < -0.3 is 9.64 Å². The molecule has 8 heteroatoms. The summed E-state index contributed by atoms with van der Waals surface area (Å²) in [5.41, 5.74) is 2.99. The van der Waals surface area contributed by atoms with Crippen molar-refractivity contribution in [3.8, 4) is 11.4 Å². The Hall–Kier alpha value is -2.71. The molecule has 2 aromatic carbocycles. The van der Waals surface area contributed by atoms with Crippen molar-refractivity contribution in [3.63, 3.8) is 0 Å². The number of hydrogen-bond donors (Lipinski definition) is 0. The maximum Gasteiger partial charge on any atom is 0.240 e. The second-order valence-corrected chi connectivity index (χ2v) is 10.0. The first kappa shape index (κ1) is 22.1. The first-order valence-electron chi connectivity index (χ1n) is 11.4. The number of carbonyl (C=O) groups excluding carboxylic acids is 1. The molecule has 6 nitrogen and oxygen atoms in total. The van der Waals surface area contributed by atoms with Gasteiger partial charge in [-0.05, 0) is 69.0 Å². The van der Waals surface area contributed by atoms with Crippen LogP contribution in [0.5, 0.6) is 0 Å². The van der Waals surface area contributed by atoms with Gasteiger partial charge in [-0.1, -0.05) is 30.0 Å². The van der Waals surface area contributed by atoms with Crippen molar-refractivity contribution in [3.05, 3.63) is 59.9 Å². The van der Waals surface area contributed by atoms with Gasteiger partial charge in [-0.15, -0.1) is 10.2 Å². The molecule has 1 saturated heterocycles. The molecule has 2 aliphatic rings. The normalized spacial score (nSPS) is 20.8. The molecule has 3 atom stereocenters. The third kappa shape index (κ3) is 4.42. The molecular weight excluding hydrogens is 439 g/mol. The molecule has 1 fully saturated rings. The van der Waals surface area contributed by atoms with E-state index in [0.717, 1.165) is 37.1 Å². The predicted octanol–water partition coefficient (Wildman–Crippen LogP) is 4.72. The number of benzene rings is 2. The molecule has 0 bridgehead atoms. The lowest BCUT2D eigenvalue weighted by molar-refractivity contribution is -0.118. The Morgan fingerprint density at radius 1 is 1.21 bits per heavy atom. The molecule has 0 saturated carbocycles. The zero-order valence-corrected chi connectivity index (χ0v) is 19.6. The molecule has 3 unspecified atom stereocenters. The van der Waals surface area contributed by atoms with Crippen LogP contribution in [0.3, 0.4) is 0 Å². The molecule has 172 valence electrons. The summed E-state index contributed by atoms with van der Waals surface area (Å²) in [5, 5.41) is 9.16. The summed E-state index contributed by atoms with van der Waals surface area (Å²) in [6.07, 6.45) is 2.95. The topological polar surface area (TPSA) is 60.2 Å². The first-order valence-corrected chi connectivity index (χ1v) is 12.3. The van der Waals surface area contributed by atoms with Gasteiger partial charge in [-0.25, -0.2) is 4.39 Å². The number of para-hydroxylation sites is 1. The number of rotatable bonds is 6. The minimum Gasteiger partial charge on any atom is -0.376 e. The number of halogens is 1. The SMILES string of the molecule is CC(Sc1nnc(-c2ccc(F)cc2)n1CC1CCCO1)C(=O)N1c2ccccc2CC1C. The van der Waals surface area contributed by atoms with Gasteiger partial charge in [0, 0.05) is 23.9 Å². The minimum atomic E-state index is -0.341. The molecule has 3 heterocycles. The zero-order chi connectivity index (χ0) is 22.9. The van der Waals surface area contributed by atoms with Crippen molar-refractivity contribution in [2.24, 2.45) is 0 Å². The Balaban J connectivity index is 1.41. The Morgan fingerprint density at radius 3 is 2.76 bits per heavy atom. The molecule has 33 heavy (non-hydrogen) atoms. The Kier molecular flexibility index (Phi) is 6.21. The number of carbonyl (C=O) groups is 1. The van der Waals surface area contributed by atoms with Crippen molar-refractivity contribution in [1.82, 2.24) is 14.8 Å². The first-order chi connectivity index (χ1) is 16.0. The summed E-state index contributed by atoms with van der Waals surface area (Å²) in [6.45, 7) is 5.36. The van der Waals surface area contributed by atoms with E-state index in [0.29, 0.717) is 17.5 Å². The lowest BCUT2D eigenvalue weighted by atomic mass is 10.1. The number of nitrogens with zero attached hydrogens (tertiary/aromatic N) is 4. The molecule has 0 spiro atoms. The van der Waals surface area contributed by atoms with Crippen LogP contribution >= 0.6 is 11.8 Å². The standard InChI is InChI=1S/C25H27FN4O2S/c1-16-14-19-6-3-4-8-22(19)30(16)24(31)17(2)33-25-28-27-23(18-9-11-20(26)12-10-18)29(25)15-21-7-5-13-32-21/h3-4,6,8-12,16-17,21H,5,7,13-15H2,1-2H3. The highest BCUT2D eigenvalue weighted by molar-refractivity contribution is 8.00. The smallest absolute Gasteiger partial charge is 0.240 e. The van der Waals surface area contributed by atoms with E-state index in [2.05, 4.69) is 23.2 Å². The number of aromatic nitrogens is 3. The fourth-order valence-corrected chi connectivity index (χ4v) is 5.56. The Morgan fingerprint density at radius 2 is 2.00 bits per heavy atom. The van der Waals surface area contributed by atoms with Crippen LogP contribution in [0.15, 0.2) is 53.7 Å². The van der Waals surface area contributed by atoms with E-state index < -0.39 is 0 Å². The van der Waals surface area contributed by atoms with Gasteiger partial charge in [0.05, 0.1) is 17.9 Å². The number of amides is 1. The van der Waals surface area contributed by atoms with Crippen molar-refractivity contribution >= 4 is 23.4 Å². The van der Waals surface area contributed by atoms with Crippen LogP contribution in [0, 0.1) is 5.82 Å². The number of anilines is 1. The van der Waals surface area contributed by atoms with Crippen LogP contribution < -0.4 is 4.90 Å². The molecule has 3 aromatic rings. The average Bonchev–Trinajstić information content (AvgIpc) is 3.53. The molecule has 0 aliphatic carbocycles. The zero-order valence-electron chi connectivity index (χ0n) is 18.8. The highest BCUT2D eigenvalue weighted by Gasteiger charge is 2.34. The van der Waals surface area contributed by atoms with E-state index in [1.807, 2.05) is 34.6 Å². The van der Waals surface area contributed by atoms with Crippen molar-refractivity contribution < 1.29 is 13.9 Å². The van der Waals surface area contributed by atoms with Gasteiger partial charge in [0.15, 0.2) is 11.0 Å². The second-order valence-electron chi connectivity index (χ2n) is 8.71. The van der Waals surface area contributed by atoms with Gasteiger partial charge in [-0.2, -0.15) is 0 Å². The summed E-state index contributed by atoms with van der Waals surface area (Å²) in [4.78, 5) is 15.4. The van der Waals surface area contributed by atoms with E-state index in [1.54, 1.807) is 12.1 Å². The maximum atomic E-state index is 13.5. The molecule has 0 radical (unpaired) electrons. The fraction of sp³-hybridized carbons (Fsp3) is 0.400. The summed E-state index contributed by atoms with van der Waals surface area (Å²) in [6, 6.07) is 14.5. The molecule has 0 N–H and O–H groups in total. The van der Waals surface area contributed by atoms with Crippen LogP contribution in [-0.4, -0.2) is 44.7 Å². The third-order valence-corrected chi connectivity index (χ3v) is 7.37. The highest BCUT2D eigenvalue weighted by atomic mass is 32.2. The van der Waals surface area contributed by atoms with E-state index in [4.69, 9.17) is 4.74 Å². The summed E-state index contributed by atoms with van der Waals surface area (Å²) < 4.78 is 21.3. The number of hydrogen-bond acceptors (Lipinski definition) is 5. The van der Waals surface area contributed by atoms with E-state index >= 15 is 0 Å². The lowest BCUT2D eigenvalue weighted by Crippen LogP contribution is -2.40. The van der Waals surface area contributed by atoms with Gasteiger partial charge in [-0.3, -0.25) is 9.36 Å².